The fraction of sp³-hybridized carbons (Fsp3) is 0.519. The van der Waals surface area contributed by atoms with E-state index in [2.05, 4.69) is 82.8 Å². The number of rotatable bonds is 70. The number of carbonyl (C=O) groups excluding carboxylic acids is 1. The molecule has 0 atom stereocenters. The molecule has 0 saturated heterocycles. The van der Waals surface area contributed by atoms with E-state index in [-0.39, 0.29) is 25.4 Å². The number of hydrogen-bond acceptors (Lipinski definition) is 12. The molecule has 12 heteroatoms. The van der Waals surface area contributed by atoms with Crippen LogP contribution in [0, 0.1) is 0 Å². The Morgan fingerprint density at radius 1 is 0.229 bits per heavy atom. The van der Waals surface area contributed by atoms with Crippen LogP contribution in [-0.4, -0.2) is 32.4 Å². The van der Waals surface area contributed by atoms with Gasteiger partial charge in [0.25, 0.3) is 0 Å². The lowest BCUT2D eigenvalue weighted by Gasteiger charge is -2.17. The van der Waals surface area contributed by atoms with Crippen molar-refractivity contribution >= 4 is 12.0 Å². The lowest BCUT2D eigenvalue weighted by Crippen LogP contribution is -2.07. The van der Waals surface area contributed by atoms with Crippen molar-refractivity contribution in [1.29, 1.82) is 0 Å². The first-order valence-corrected chi connectivity index (χ1v) is 46.2. The predicted octanol–water partition coefficient (Wildman–Crippen LogP) is 30.4. The summed E-state index contributed by atoms with van der Waals surface area (Å²) in [5, 5.41) is 0. The zero-order valence-electron chi connectivity index (χ0n) is 73.0. The smallest absolute Gasteiger partial charge is 0.338 e. The summed E-state index contributed by atoms with van der Waals surface area (Å²) in [6.07, 6.45) is 53.2. The Labute approximate surface area is 712 Å². The highest BCUT2D eigenvalue weighted by atomic mass is 16.5. The van der Waals surface area contributed by atoms with Crippen LogP contribution in [0.1, 0.15) is 339 Å². The van der Waals surface area contributed by atoms with Gasteiger partial charge < -0.3 is 52.1 Å². The third-order valence-corrected chi connectivity index (χ3v) is 21.9. The van der Waals surface area contributed by atoms with Gasteiger partial charge in [-0.1, -0.05) is 356 Å². The molecule has 0 amide bonds. The molecule has 0 N–H and O–H groups in total. The predicted molar refractivity (Wildman–Crippen MR) is 486 cm³/mol. The number of esters is 1. The number of hydrogen-bond donors (Lipinski definition) is 0. The molecule has 0 aliphatic carbocycles. The van der Waals surface area contributed by atoms with Gasteiger partial charge in [0.05, 0.1) is 32.0 Å². The maximum absolute atomic E-state index is 14.2. The first-order chi connectivity index (χ1) is 58.3. The van der Waals surface area contributed by atoms with Crippen molar-refractivity contribution < 1.29 is 56.9 Å². The number of carbonyl (C=O) groups is 1. The summed E-state index contributed by atoms with van der Waals surface area (Å²) < 4.78 is 70.5. The van der Waals surface area contributed by atoms with E-state index >= 15 is 0 Å². The van der Waals surface area contributed by atoms with E-state index in [1.54, 1.807) is 24.3 Å². The third-order valence-electron chi connectivity index (χ3n) is 21.9. The van der Waals surface area contributed by atoms with Crippen LogP contribution >= 0.6 is 0 Å². The average Bonchev–Trinajstić information content (AvgIpc) is 0.834. The van der Waals surface area contributed by atoms with Gasteiger partial charge in [0, 0.05) is 6.07 Å². The van der Waals surface area contributed by atoms with Crippen LogP contribution in [-0.2, 0) is 51.0 Å². The molecule has 0 fully saturated rings. The fourth-order valence-electron chi connectivity index (χ4n) is 14.4. The molecular weight excluding hydrogens is 1470 g/mol. The zero-order chi connectivity index (χ0) is 82.6. The Bertz CT molecular complexity index is 3670. The SMILES string of the molecule is C=Cc1ccc(COC(=O)c2cc(OCc3ccc(OCc4ccc(OCCCCCCCCCCCC)cc4)c(OCc4ccc(OCCCCCCCCCCCC)cc4)c3)cc(OCc3ccc(OCc4ccc(OCCCCCCCCCCCC)cc4)c(OCc4ccc(OCCCCCCCCCCCC)cc4)c3)c2)cc1. The second-order valence-corrected chi connectivity index (χ2v) is 32.2. The minimum atomic E-state index is -0.530. The molecule has 0 unspecified atom stereocenters. The van der Waals surface area contributed by atoms with E-state index in [1.807, 2.05) is 109 Å². The van der Waals surface area contributed by atoms with Crippen LogP contribution in [0.5, 0.6) is 57.5 Å². The maximum atomic E-state index is 14.2. The molecule has 0 aromatic heterocycles. The van der Waals surface area contributed by atoms with Crippen LogP contribution in [0.15, 0.2) is 183 Å². The standard InChI is InChI=1S/C106H146O12/c1-6-11-15-19-23-27-31-35-39-43-71-108-96-61-51-89(52-62-96)80-114-102-69-59-93(75-104(102)116-82-91-55-65-98(66-56-91)110-73-45-41-37-33-29-25-21-17-13-8-3)85-112-100-77-95(106(107)118-84-88-49-47-87(10-5)48-50-88)78-101(79-100)113-86-94-60-70-103(115-81-90-53-63-97(64-54-90)109-72-44-40-36-32-28-24-20-16-12-7-2)105(76-94)117-83-92-57-67-99(68-58-92)111-74-46-42-38-34-30-26-22-18-14-9-4/h10,47-70,75-79H,5-9,11-46,71-74,80-86H2,1-4H3. The van der Waals surface area contributed by atoms with E-state index < -0.39 is 5.97 Å². The highest BCUT2D eigenvalue weighted by Gasteiger charge is 2.17. The van der Waals surface area contributed by atoms with Crippen LogP contribution < -0.4 is 47.4 Å². The van der Waals surface area contributed by atoms with Crippen molar-refractivity contribution in [2.75, 3.05) is 26.4 Å². The van der Waals surface area contributed by atoms with E-state index in [0.717, 1.165) is 93.2 Å². The highest BCUT2D eigenvalue weighted by molar-refractivity contribution is 5.90. The van der Waals surface area contributed by atoms with Crippen LogP contribution in [0.3, 0.4) is 0 Å². The quantitative estimate of drug-likeness (QED) is 0.0267. The topological polar surface area (TPSA) is 119 Å². The van der Waals surface area contributed by atoms with Gasteiger partial charge in [-0.05, 0) is 155 Å². The molecule has 0 radical (unpaired) electrons. The summed E-state index contributed by atoms with van der Waals surface area (Å²) >= 11 is 0. The van der Waals surface area contributed by atoms with Crippen molar-refractivity contribution in [3.63, 3.8) is 0 Å². The van der Waals surface area contributed by atoms with Gasteiger partial charge in [-0.25, -0.2) is 4.79 Å². The summed E-state index contributed by atoms with van der Waals surface area (Å²) in [5.41, 5.74) is 7.71. The van der Waals surface area contributed by atoms with E-state index in [1.165, 1.54) is 231 Å². The van der Waals surface area contributed by atoms with Gasteiger partial charge >= 0.3 is 5.97 Å². The van der Waals surface area contributed by atoms with Crippen LogP contribution in [0.25, 0.3) is 6.08 Å². The lowest BCUT2D eigenvalue weighted by molar-refractivity contribution is 0.0471. The Kier molecular flexibility index (Phi) is 48.4. The number of ether oxygens (including phenoxy) is 11. The van der Waals surface area contributed by atoms with Gasteiger partial charge in [-0.15, -0.1) is 0 Å². The second kappa shape index (κ2) is 60.4. The highest BCUT2D eigenvalue weighted by Crippen LogP contribution is 2.35. The van der Waals surface area contributed by atoms with Gasteiger partial charge in [-0.2, -0.15) is 0 Å². The number of unbranched alkanes of at least 4 members (excludes halogenated alkanes) is 36. The van der Waals surface area contributed by atoms with Crippen molar-refractivity contribution in [2.24, 2.45) is 0 Å². The van der Waals surface area contributed by atoms with Crippen LogP contribution in [0.4, 0.5) is 0 Å². The monoisotopic (exact) mass is 1610 g/mol. The van der Waals surface area contributed by atoms with Crippen LogP contribution in [0.2, 0.25) is 0 Å². The first kappa shape index (κ1) is 94.5. The maximum Gasteiger partial charge on any atom is 0.338 e. The molecule has 0 heterocycles. The Morgan fingerprint density at radius 3 is 0.746 bits per heavy atom. The molecule has 0 aliphatic heterocycles. The molecule has 0 saturated carbocycles. The van der Waals surface area contributed by atoms with Gasteiger partial charge in [-0.3, -0.25) is 0 Å². The van der Waals surface area contributed by atoms with Gasteiger partial charge in [0.2, 0.25) is 0 Å². The van der Waals surface area contributed by atoms with Crippen molar-refractivity contribution in [3.8, 4) is 57.5 Å². The van der Waals surface area contributed by atoms with Crippen molar-refractivity contribution in [3.05, 3.63) is 233 Å². The minimum absolute atomic E-state index is 0.0685. The summed E-state index contributed by atoms with van der Waals surface area (Å²) in [5.74, 6) is 6.01. The lowest BCUT2D eigenvalue weighted by atomic mass is 10.1. The minimum Gasteiger partial charge on any atom is -0.494 e. The summed E-state index contributed by atoms with van der Waals surface area (Å²) in [7, 11) is 0. The molecule has 0 bridgehead atoms. The number of benzene rings is 8. The van der Waals surface area contributed by atoms with E-state index in [4.69, 9.17) is 52.1 Å². The fourth-order valence-corrected chi connectivity index (χ4v) is 14.4. The summed E-state index contributed by atoms with van der Waals surface area (Å²) in [6.45, 7) is 17.4. The molecule has 8 rings (SSSR count). The Hall–Kier alpha value is -9.03. The van der Waals surface area contributed by atoms with Crippen molar-refractivity contribution in [2.45, 2.75) is 331 Å². The van der Waals surface area contributed by atoms with Gasteiger partial charge in [0.15, 0.2) is 23.0 Å². The molecule has 0 aliphatic rings. The third kappa shape index (κ3) is 40.6. The van der Waals surface area contributed by atoms with Gasteiger partial charge in [0.1, 0.15) is 80.7 Å². The van der Waals surface area contributed by atoms with E-state index in [9.17, 15) is 4.79 Å². The van der Waals surface area contributed by atoms with Crippen molar-refractivity contribution in [1.82, 2.24) is 0 Å². The molecular formula is C106H146O12. The molecule has 0 spiro atoms. The zero-order valence-corrected chi connectivity index (χ0v) is 73.0. The first-order valence-electron chi connectivity index (χ1n) is 46.2. The van der Waals surface area contributed by atoms with E-state index in [0.29, 0.717) is 87.4 Å². The normalized spacial score (nSPS) is 11.2. The average molecular weight is 1610 g/mol. The second-order valence-electron chi connectivity index (χ2n) is 32.2. The summed E-state index contributed by atoms with van der Waals surface area (Å²) in [6, 6.07) is 57.3. The molecule has 642 valence electrons. The largest absolute Gasteiger partial charge is 0.494 e. The Balaban J connectivity index is 0.938. The molecule has 8 aromatic carbocycles. The Morgan fingerprint density at radius 2 is 0.466 bits per heavy atom. The summed E-state index contributed by atoms with van der Waals surface area (Å²) in [4.78, 5) is 14.2. The molecule has 8 aromatic rings. The molecule has 118 heavy (non-hydrogen) atoms. The molecule has 12 nitrogen and oxygen atoms in total.